The normalized spacial score (nSPS) is 14.1. The second kappa shape index (κ2) is 24.0. The fourth-order valence-electron chi connectivity index (χ4n) is 21.2. The van der Waals surface area contributed by atoms with Gasteiger partial charge in [0.1, 0.15) is 5.52 Å². The summed E-state index contributed by atoms with van der Waals surface area (Å²) < 4.78 is 12.1. The Hall–Kier alpha value is -14.6. The highest BCUT2D eigenvalue weighted by molar-refractivity contribution is 7.00. The molecule has 116 heavy (non-hydrogen) atoms. The van der Waals surface area contributed by atoms with Gasteiger partial charge in [-0.1, -0.05) is 245 Å². The van der Waals surface area contributed by atoms with Gasteiger partial charge in [0, 0.05) is 89.7 Å². The van der Waals surface area contributed by atoms with Crippen LogP contribution in [0.4, 0.5) is 51.2 Å². The molecule has 0 aliphatic carbocycles. The van der Waals surface area contributed by atoms with Gasteiger partial charge in [0.25, 0.3) is 0 Å². The van der Waals surface area contributed by atoms with Crippen LogP contribution in [0, 0.1) is 0 Å². The summed E-state index contributed by atoms with van der Waals surface area (Å²) in [7, 11) is 0. The summed E-state index contributed by atoms with van der Waals surface area (Å²) in [6.07, 6.45) is 0. The van der Waals surface area contributed by atoms with E-state index in [0.29, 0.717) is 0 Å². The van der Waals surface area contributed by atoms with Gasteiger partial charge in [-0.05, 0) is 207 Å². The molecule has 544 valence electrons. The molecule has 4 aliphatic rings. The molecule has 0 bridgehead atoms. The Morgan fingerprint density at radius 3 is 1.50 bits per heavy atom. The molecule has 0 amide bonds. The minimum Gasteiger partial charge on any atom is -0.311 e. The number of hydrogen-bond acceptors (Lipinski definition) is 5. The number of benzene rings is 16. The average Bonchev–Trinajstić information content (AvgIpc) is 1.26. The second-order valence-corrected chi connectivity index (χ2v) is 32.8. The van der Waals surface area contributed by atoms with Crippen LogP contribution in [0.5, 0.6) is 0 Å². The van der Waals surface area contributed by atoms with Crippen molar-refractivity contribution in [2.75, 3.05) is 14.7 Å². The van der Waals surface area contributed by atoms with E-state index >= 15 is 0 Å². The van der Waals surface area contributed by atoms with Gasteiger partial charge < -0.3 is 19.3 Å². The fourth-order valence-corrected chi connectivity index (χ4v) is 21.2. The first-order chi connectivity index (χ1) is 57.1. The number of aromatic nitrogens is 7. The highest BCUT2D eigenvalue weighted by atomic mass is 15.2. The van der Waals surface area contributed by atoms with Gasteiger partial charge >= 0.3 is 0 Å². The summed E-state index contributed by atoms with van der Waals surface area (Å²) in [5.74, 6) is 1.70. The molecule has 16 aromatic carbocycles. The van der Waals surface area contributed by atoms with Crippen molar-refractivity contribution in [2.24, 2.45) is 0 Å². The van der Waals surface area contributed by atoms with Gasteiger partial charge in [0.15, 0.2) is 0 Å². The first-order valence-corrected chi connectivity index (χ1v) is 40.4. The van der Waals surface area contributed by atoms with E-state index in [1.807, 2.05) is 0 Å². The molecule has 4 aliphatic heterocycles. The van der Waals surface area contributed by atoms with Gasteiger partial charge in [-0.25, -0.2) is 9.97 Å². The maximum absolute atomic E-state index is 6.01. The maximum atomic E-state index is 6.01. The van der Waals surface area contributed by atoms with Crippen molar-refractivity contribution in [3.63, 3.8) is 0 Å². The SMILES string of the molecule is CC1(C)c2cc(N(c3ccccc3)c3ccccc3)ccc2B2c3cc4c(cc3N(c3ccccc3)c3cccc1c32)nc1n(-c2ccccc2)c2c(-c3cccc(N5c6cccc7c6B(c6cc8c9ccccc9n(-c9ccccc9)c8cc6C7(C)C)c6ccc7c(nc8n(-c9ccccc9)c9ccccc9n78)c65)c3)cccc2n41. The molecule has 0 unspecified atom stereocenters. The number of nitrogens with zero attached hydrogens (tertiary/aromatic N) is 10. The zero-order chi connectivity index (χ0) is 76.6. The fraction of sp³-hybridized carbons (Fsp3) is 0.0577. The Kier molecular flexibility index (Phi) is 13.4. The largest absolute Gasteiger partial charge is 0.311 e. The van der Waals surface area contributed by atoms with Crippen LogP contribution in [0.2, 0.25) is 0 Å². The summed E-state index contributed by atoms with van der Waals surface area (Å²) >= 11 is 0. The van der Waals surface area contributed by atoms with E-state index in [4.69, 9.17) is 9.97 Å². The van der Waals surface area contributed by atoms with Crippen LogP contribution in [-0.4, -0.2) is 45.9 Å². The summed E-state index contributed by atoms with van der Waals surface area (Å²) in [6.45, 7) is 9.50. The lowest BCUT2D eigenvalue weighted by Gasteiger charge is -2.45. The van der Waals surface area contributed by atoms with Crippen LogP contribution in [0.1, 0.15) is 49.9 Å². The first-order valence-electron chi connectivity index (χ1n) is 40.4. The number of rotatable bonds is 9. The topological polar surface area (TPSA) is 59.1 Å². The Morgan fingerprint density at radius 1 is 0.293 bits per heavy atom. The van der Waals surface area contributed by atoms with Crippen molar-refractivity contribution >= 4 is 175 Å². The van der Waals surface area contributed by atoms with Crippen molar-refractivity contribution < 1.29 is 0 Å². The highest BCUT2D eigenvalue weighted by Gasteiger charge is 2.50. The number of hydrogen-bond donors (Lipinski definition) is 0. The van der Waals surface area contributed by atoms with E-state index in [9.17, 15) is 0 Å². The quantitative estimate of drug-likeness (QED) is 0.135. The summed E-state index contributed by atoms with van der Waals surface area (Å²) in [5.41, 5.74) is 38.3. The summed E-state index contributed by atoms with van der Waals surface area (Å²) in [5, 5.41) is 2.48. The average molecular weight is 1480 g/mol. The smallest absolute Gasteiger partial charge is 0.247 e. The van der Waals surface area contributed by atoms with Crippen molar-refractivity contribution in [3.8, 4) is 28.2 Å². The highest BCUT2D eigenvalue weighted by Crippen LogP contribution is 2.51. The van der Waals surface area contributed by atoms with E-state index in [-0.39, 0.29) is 18.8 Å². The molecule has 5 aromatic heterocycles. The standard InChI is InChI=1S/C104H72B2N10/c1-103(2)77-47-29-52-89-96(77)105(81-56-55-73(60-79(81)103)109(66-32-11-5-12-33-66)67-34-13-6-14-35-67)84-63-95-85(64-94(84)111(89)69-38-17-8-18-39-69)107-101-114(71-42-21-10-22-43-71)99-74(46-28-54-92(99)116(95)101)65-31-27-44-72(59-65)112-90-53-30-48-78-97(90)106(83-61-76-75-45-23-24-49-86(75)110(68-36-15-7-16-37-68)93(76)62-80(83)104(78,3)4)82-57-58-91-98(100(82)112)108-102-113(70-40-19-9-20-41-70)87-50-25-26-51-88(87)115(91)102/h5-64H,1-4H3. The zero-order valence-electron chi connectivity index (χ0n) is 64.3. The van der Waals surface area contributed by atoms with Crippen LogP contribution < -0.4 is 47.5 Å². The van der Waals surface area contributed by atoms with Crippen LogP contribution in [0.3, 0.4) is 0 Å². The lowest BCUT2D eigenvalue weighted by atomic mass is 9.30. The van der Waals surface area contributed by atoms with Crippen LogP contribution in [0.15, 0.2) is 364 Å². The first kappa shape index (κ1) is 65.0. The Balaban J connectivity index is 0.714. The van der Waals surface area contributed by atoms with Gasteiger partial charge in [-0.15, -0.1) is 0 Å². The van der Waals surface area contributed by atoms with E-state index < -0.39 is 5.41 Å². The monoisotopic (exact) mass is 1480 g/mol. The van der Waals surface area contributed by atoms with E-state index in [1.165, 1.54) is 82.5 Å². The van der Waals surface area contributed by atoms with Gasteiger partial charge in [-0.3, -0.25) is 17.9 Å². The molecule has 21 aromatic rings. The summed E-state index contributed by atoms with van der Waals surface area (Å²) in [6, 6.07) is 135. The van der Waals surface area contributed by atoms with Crippen molar-refractivity contribution in [2.45, 2.75) is 38.5 Å². The zero-order valence-corrected chi connectivity index (χ0v) is 64.3. The third-order valence-electron chi connectivity index (χ3n) is 26.1. The predicted molar refractivity (Wildman–Crippen MR) is 483 cm³/mol. The van der Waals surface area contributed by atoms with E-state index in [2.05, 4.69) is 429 Å². The molecule has 0 saturated carbocycles. The Bertz CT molecular complexity index is 7690. The van der Waals surface area contributed by atoms with Crippen LogP contribution >= 0.6 is 0 Å². The molecule has 10 nitrogen and oxygen atoms in total. The van der Waals surface area contributed by atoms with Crippen molar-refractivity contribution in [1.29, 1.82) is 0 Å². The van der Waals surface area contributed by atoms with Crippen LogP contribution in [-0.2, 0) is 10.8 Å². The molecule has 0 radical (unpaired) electrons. The Morgan fingerprint density at radius 2 is 0.819 bits per heavy atom. The number of imidazole rings is 4. The Labute approximate surface area is 670 Å². The number of anilines is 9. The lowest BCUT2D eigenvalue weighted by molar-refractivity contribution is 0.646. The number of fused-ring (bicyclic) bond motifs is 22. The minimum atomic E-state index is -0.405. The van der Waals surface area contributed by atoms with Gasteiger partial charge in [0.05, 0.1) is 55.3 Å². The molecule has 0 atom stereocenters. The minimum absolute atomic E-state index is 0.107. The van der Waals surface area contributed by atoms with E-state index in [0.717, 1.165) is 129 Å². The van der Waals surface area contributed by atoms with Crippen molar-refractivity contribution in [1.82, 2.24) is 32.5 Å². The maximum Gasteiger partial charge on any atom is 0.247 e. The van der Waals surface area contributed by atoms with Crippen LogP contribution in [0.25, 0.3) is 106 Å². The molecule has 0 N–H and O–H groups in total. The summed E-state index contributed by atoms with van der Waals surface area (Å²) in [4.78, 5) is 19.4. The molecule has 25 rings (SSSR count). The second-order valence-electron chi connectivity index (χ2n) is 32.8. The molecule has 0 spiro atoms. The van der Waals surface area contributed by atoms with Gasteiger partial charge in [-0.2, -0.15) is 0 Å². The van der Waals surface area contributed by atoms with Crippen molar-refractivity contribution in [3.05, 3.63) is 386 Å². The third-order valence-corrected chi connectivity index (χ3v) is 26.1. The van der Waals surface area contributed by atoms with E-state index in [1.54, 1.807) is 0 Å². The lowest BCUT2D eigenvalue weighted by Crippen LogP contribution is -2.64. The molecule has 9 heterocycles. The predicted octanol–water partition coefficient (Wildman–Crippen LogP) is 21.3. The molecular weight excluding hydrogens is 1410 g/mol. The molecule has 12 heteroatoms. The molecular formula is C104H72B2N10. The third kappa shape index (κ3) is 8.87. The van der Waals surface area contributed by atoms with Gasteiger partial charge in [0.2, 0.25) is 25.0 Å². The molecule has 0 fully saturated rings. The number of para-hydroxylation sites is 10. The molecule has 0 saturated heterocycles.